The summed E-state index contributed by atoms with van der Waals surface area (Å²) in [6, 6.07) is 7.51. The number of nitrogens with two attached hydrogens (primary N) is 1. The highest BCUT2D eigenvalue weighted by Gasteiger charge is 2.36. The van der Waals surface area contributed by atoms with E-state index in [2.05, 4.69) is 18.7 Å². The Labute approximate surface area is 120 Å². The van der Waals surface area contributed by atoms with E-state index in [0.29, 0.717) is 18.2 Å². The van der Waals surface area contributed by atoms with Crippen LogP contribution in [0, 0.1) is 23.1 Å². The molecule has 20 heavy (non-hydrogen) atoms. The van der Waals surface area contributed by atoms with Crippen LogP contribution in [0.1, 0.15) is 43.9 Å². The van der Waals surface area contributed by atoms with Crippen molar-refractivity contribution in [3.8, 4) is 6.07 Å². The largest absolute Gasteiger partial charge is 0.329 e. The molecule has 0 spiro atoms. The van der Waals surface area contributed by atoms with Crippen LogP contribution in [0.4, 0.5) is 4.39 Å². The molecule has 3 nitrogen and oxygen atoms in total. The van der Waals surface area contributed by atoms with Crippen LogP contribution in [-0.2, 0) is 0 Å². The molecule has 0 aliphatic heterocycles. The van der Waals surface area contributed by atoms with Crippen LogP contribution in [0.5, 0.6) is 0 Å². The van der Waals surface area contributed by atoms with Gasteiger partial charge in [0.2, 0.25) is 0 Å². The summed E-state index contributed by atoms with van der Waals surface area (Å²) in [6.45, 7) is 5.52. The first-order chi connectivity index (χ1) is 9.60. The van der Waals surface area contributed by atoms with Crippen LogP contribution in [0.2, 0.25) is 0 Å². The van der Waals surface area contributed by atoms with Gasteiger partial charge in [0.1, 0.15) is 11.9 Å². The number of benzene rings is 1. The molecule has 1 aliphatic carbocycles. The molecule has 1 aromatic carbocycles. The van der Waals surface area contributed by atoms with Gasteiger partial charge in [-0.05, 0) is 24.8 Å². The van der Waals surface area contributed by atoms with E-state index >= 15 is 0 Å². The van der Waals surface area contributed by atoms with Crippen molar-refractivity contribution in [2.45, 2.75) is 38.8 Å². The molecule has 2 rings (SSSR count). The van der Waals surface area contributed by atoms with Gasteiger partial charge >= 0.3 is 0 Å². The maximum Gasteiger partial charge on any atom is 0.145 e. The Morgan fingerprint density at radius 3 is 2.65 bits per heavy atom. The summed E-state index contributed by atoms with van der Waals surface area (Å²) < 4.78 is 14.5. The quantitative estimate of drug-likeness (QED) is 0.868. The topological polar surface area (TPSA) is 53.0 Å². The summed E-state index contributed by atoms with van der Waals surface area (Å²) in [7, 11) is 0. The molecule has 1 atom stereocenters. The minimum atomic E-state index is -0.378. The maximum atomic E-state index is 14.5. The lowest BCUT2D eigenvalue weighted by molar-refractivity contribution is 0.146. The number of halogens is 1. The summed E-state index contributed by atoms with van der Waals surface area (Å²) in [5.41, 5.74) is 6.46. The first kappa shape index (κ1) is 15.0. The molecule has 0 saturated heterocycles. The zero-order valence-corrected chi connectivity index (χ0v) is 12.1. The van der Waals surface area contributed by atoms with Crippen molar-refractivity contribution in [2.24, 2.45) is 11.7 Å². The minimum absolute atomic E-state index is 0.0145. The molecule has 1 saturated carbocycles. The third kappa shape index (κ3) is 3.00. The molecular weight excluding hydrogens is 253 g/mol. The zero-order valence-electron chi connectivity index (χ0n) is 12.1. The average Bonchev–Trinajstić information content (AvgIpc) is 3.24. The van der Waals surface area contributed by atoms with Gasteiger partial charge in [0.15, 0.2) is 0 Å². The van der Waals surface area contributed by atoms with Gasteiger partial charge in [0.05, 0.1) is 5.56 Å². The molecule has 0 bridgehead atoms. The Bertz CT molecular complexity index is 503. The van der Waals surface area contributed by atoms with Gasteiger partial charge in [-0.15, -0.1) is 0 Å². The number of rotatable bonds is 6. The Kier molecular flexibility index (Phi) is 4.74. The molecule has 1 unspecified atom stereocenters. The number of nitrogens with zero attached hydrogens (tertiary/aromatic N) is 2. The maximum absolute atomic E-state index is 14.5. The first-order valence-corrected chi connectivity index (χ1v) is 7.24. The van der Waals surface area contributed by atoms with E-state index in [4.69, 9.17) is 11.0 Å². The first-order valence-electron chi connectivity index (χ1n) is 7.24. The summed E-state index contributed by atoms with van der Waals surface area (Å²) in [5, 5.41) is 9.00. The highest BCUT2D eigenvalue weighted by molar-refractivity contribution is 5.36. The highest BCUT2D eigenvalue weighted by Crippen LogP contribution is 2.39. The van der Waals surface area contributed by atoms with E-state index in [1.165, 1.54) is 6.07 Å². The molecule has 0 aromatic heterocycles. The lowest BCUT2D eigenvalue weighted by atomic mass is 9.92. The average molecular weight is 275 g/mol. The molecule has 1 aromatic rings. The van der Waals surface area contributed by atoms with E-state index < -0.39 is 0 Å². The van der Waals surface area contributed by atoms with E-state index in [1.807, 2.05) is 6.07 Å². The van der Waals surface area contributed by atoms with E-state index in [0.717, 1.165) is 19.4 Å². The van der Waals surface area contributed by atoms with Crippen LogP contribution in [0.15, 0.2) is 18.2 Å². The summed E-state index contributed by atoms with van der Waals surface area (Å²) >= 11 is 0. The van der Waals surface area contributed by atoms with Crippen molar-refractivity contribution in [1.82, 2.24) is 4.90 Å². The van der Waals surface area contributed by atoms with Crippen molar-refractivity contribution in [2.75, 3.05) is 13.1 Å². The Balaban J connectivity index is 2.40. The summed E-state index contributed by atoms with van der Waals surface area (Å²) in [5.74, 6) is -0.109. The third-order valence-electron chi connectivity index (χ3n) is 3.86. The van der Waals surface area contributed by atoms with Crippen LogP contribution >= 0.6 is 0 Å². The Morgan fingerprint density at radius 1 is 1.45 bits per heavy atom. The molecule has 1 fully saturated rings. The smallest absolute Gasteiger partial charge is 0.145 e. The monoisotopic (exact) mass is 275 g/mol. The second-order valence-corrected chi connectivity index (χ2v) is 5.77. The lowest BCUT2D eigenvalue weighted by Gasteiger charge is -2.35. The molecule has 2 N–H and O–H groups in total. The standard InChI is InChI=1S/C16H22FN3/c1-11(2)16(20(9-8-18)13-6-7-13)14-5-3-4-12(10-19)15(14)17/h3-5,11,13,16H,6-9,18H2,1-2H3. The van der Waals surface area contributed by atoms with Gasteiger partial charge in [-0.3, -0.25) is 4.90 Å². The SMILES string of the molecule is CC(C)C(c1cccc(C#N)c1F)N(CCN)C1CC1. The van der Waals surface area contributed by atoms with E-state index in [1.54, 1.807) is 12.1 Å². The van der Waals surface area contributed by atoms with Crippen LogP contribution < -0.4 is 5.73 Å². The summed E-state index contributed by atoms with van der Waals surface area (Å²) in [4.78, 5) is 2.31. The van der Waals surface area contributed by atoms with E-state index in [9.17, 15) is 4.39 Å². The predicted molar refractivity (Wildman–Crippen MR) is 77.5 cm³/mol. The fourth-order valence-electron chi connectivity index (χ4n) is 2.89. The molecule has 1 aliphatic rings. The van der Waals surface area contributed by atoms with Crippen LogP contribution in [0.3, 0.4) is 0 Å². The minimum Gasteiger partial charge on any atom is -0.329 e. The van der Waals surface area contributed by atoms with Crippen molar-refractivity contribution in [1.29, 1.82) is 5.26 Å². The number of hydrogen-bond acceptors (Lipinski definition) is 3. The molecular formula is C16H22FN3. The fraction of sp³-hybridized carbons (Fsp3) is 0.562. The Morgan fingerprint density at radius 2 is 2.15 bits per heavy atom. The van der Waals surface area contributed by atoms with Gasteiger partial charge < -0.3 is 5.73 Å². The third-order valence-corrected chi connectivity index (χ3v) is 3.86. The van der Waals surface area contributed by atoms with Gasteiger partial charge in [-0.25, -0.2) is 4.39 Å². The van der Waals surface area contributed by atoms with Gasteiger partial charge in [0, 0.05) is 30.7 Å². The molecule has 0 amide bonds. The predicted octanol–water partition coefficient (Wildman–Crippen LogP) is 2.82. The Hall–Kier alpha value is -1.44. The van der Waals surface area contributed by atoms with Gasteiger partial charge in [0.25, 0.3) is 0 Å². The van der Waals surface area contributed by atoms with Crippen LogP contribution in [0.25, 0.3) is 0 Å². The highest BCUT2D eigenvalue weighted by atomic mass is 19.1. The van der Waals surface area contributed by atoms with Crippen molar-refractivity contribution < 1.29 is 4.39 Å². The van der Waals surface area contributed by atoms with E-state index in [-0.39, 0.29) is 23.3 Å². The molecule has 0 radical (unpaired) electrons. The van der Waals surface area contributed by atoms with Gasteiger partial charge in [-0.2, -0.15) is 5.26 Å². The molecule has 0 heterocycles. The van der Waals surface area contributed by atoms with Crippen molar-refractivity contribution in [3.63, 3.8) is 0 Å². The second-order valence-electron chi connectivity index (χ2n) is 5.77. The van der Waals surface area contributed by atoms with Crippen LogP contribution in [-0.4, -0.2) is 24.0 Å². The number of hydrogen-bond donors (Lipinski definition) is 1. The number of nitriles is 1. The second kappa shape index (κ2) is 6.34. The summed E-state index contributed by atoms with van der Waals surface area (Å²) in [6.07, 6.45) is 2.31. The molecule has 4 heteroatoms. The lowest BCUT2D eigenvalue weighted by Crippen LogP contribution is -2.38. The van der Waals surface area contributed by atoms with Crippen molar-refractivity contribution >= 4 is 0 Å². The zero-order chi connectivity index (χ0) is 14.7. The normalized spacial score (nSPS) is 16.4. The van der Waals surface area contributed by atoms with Gasteiger partial charge in [-0.1, -0.05) is 26.0 Å². The molecule has 108 valence electrons. The fourth-order valence-corrected chi connectivity index (χ4v) is 2.89. The van der Waals surface area contributed by atoms with Crippen molar-refractivity contribution in [3.05, 3.63) is 35.1 Å².